The molecule has 0 spiro atoms. The molecule has 0 saturated heterocycles. The van der Waals surface area contributed by atoms with Crippen molar-refractivity contribution < 1.29 is 35.1 Å². The largest absolute Gasteiger partial charge is 0.460 e. The van der Waals surface area contributed by atoms with Crippen LogP contribution in [-0.2, 0) is 9.53 Å². The van der Waals surface area contributed by atoms with Crippen molar-refractivity contribution in [3.05, 3.63) is 0 Å². The average molecular weight is 406 g/mol. The Morgan fingerprint density at radius 2 is 1.68 bits per heavy atom. The van der Waals surface area contributed by atoms with Crippen LogP contribution in [0.5, 0.6) is 0 Å². The minimum atomic E-state index is -1.67. The Balaban J connectivity index is 4.38. The maximum absolute atomic E-state index is 12.3. The molecule has 0 fully saturated rings. The molecule has 0 aromatic heterocycles. The molecule has 0 aliphatic carbocycles. The number of hydrogen-bond donors (Lipinski definition) is 5. The van der Waals surface area contributed by atoms with Crippen molar-refractivity contribution in [1.29, 1.82) is 0 Å². The van der Waals surface area contributed by atoms with Gasteiger partial charge < -0.3 is 30.3 Å². The second kappa shape index (κ2) is 13.2. The molecule has 0 aliphatic rings. The van der Waals surface area contributed by atoms with Crippen LogP contribution in [0, 0.1) is 11.8 Å². The third-order valence-electron chi connectivity index (χ3n) is 4.13. The number of unbranched alkanes of at least 4 members (excludes halogenated alkanes) is 1. The van der Waals surface area contributed by atoms with E-state index in [0.717, 1.165) is 19.1 Å². The first-order valence-corrected chi connectivity index (χ1v) is 9.95. The van der Waals surface area contributed by atoms with E-state index in [1.165, 1.54) is 0 Å². The number of aliphatic hydroxyl groups is 5. The summed E-state index contributed by atoms with van der Waals surface area (Å²) < 4.78 is 5.50. The van der Waals surface area contributed by atoms with Crippen molar-refractivity contribution in [2.24, 2.45) is 16.8 Å². The third kappa shape index (κ3) is 11.7. The van der Waals surface area contributed by atoms with Crippen LogP contribution < -0.4 is 0 Å². The maximum Gasteiger partial charge on any atom is 0.309 e. The highest BCUT2D eigenvalue weighted by molar-refractivity contribution is 5.72. The van der Waals surface area contributed by atoms with E-state index in [2.05, 4.69) is 18.8 Å². The molecule has 5 N–H and O–H groups in total. The molecule has 5 unspecified atom stereocenters. The average Bonchev–Trinajstić information content (AvgIpc) is 2.59. The van der Waals surface area contributed by atoms with Crippen LogP contribution in [0.15, 0.2) is 4.99 Å². The van der Waals surface area contributed by atoms with E-state index in [0.29, 0.717) is 25.3 Å². The van der Waals surface area contributed by atoms with Crippen molar-refractivity contribution in [1.82, 2.24) is 0 Å². The van der Waals surface area contributed by atoms with E-state index < -0.39 is 36.6 Å². The van der Waals surface area contributed by atoms with Gasteiger partial charge in [0.25, 0.3) is 0 Å². The monoisotopic (exact) mass is 405 g/mol. The molecule has 0 heterocycles. The van der Waals surface area contributed by atoms with Gasteiger partial charge in [-0.3, -0.25) is 9.79 Å². The summed E-state index contributed by atoms with van der Waals surface area (Å²) >= 11 is 0. The fourth-order valence-corrected chi connectivity index (χ4v) is 2.69. The van der Waals surface area contributed by atoms with E-state index in [-0.39, 0.29) is 11.9 Å². The van der Waals surface area contributed by atoms with Gasteiger partial charge in [-0.2, -0.15) is 0 Å². The van der Waals surface area contributed by atoms with Gasteiger partial charge in [0.2, 0.25) is 0 Å². The number of carbonyl (C=O) groups excluding carboxylic acids is 1. The Hall–Kier alpha value is -1.06. The molecule has 8 heteroatoms. The minimum Gasteiger partial charge on any atom is -0.460 e. The van der Waals surface area contributed by atoms with Crippen LogP contribution in [0.2, 0.25) is 0 Å². The quantitative estimate of drug-likeness (QED) is 0.172. The van der Waals surface area contributed by atoms with Crippen LogP contribution in [0.1, 0.15) is 60.3 Å². The summed E-state index contributed by atoms with van der Waals surface area (Å²) in [5.74, 6) is 0.0401. The van der Waals surface area contributed by atoms with Crippen molar-refractivity contribution in [3.8, 4) is 0 Å². The molecule has 28 heavy (non-hydrogen) atoms. The highest BCUT2D eigenvalue weighted by Crippen LogP contribution is 2.22. The summed E-state index contributed by atoms with van der Waals surface area (Å²) in [6, 6.07) is 0. The van der Waals surface area contributed by atoms with Crippen LogP contribution in [0.25, 0.3) is 0 Å². The normalized spacial score (nSPS) is 18.1. The Kier molecular flexibility index (Phi) is 12.7. The lowest BCUT2D eigenvalue weighted by Gasteiger charge is -2.25. The summed E-state index contributed by atoms with van der Waals surface area (Å²) in [5.41, 5.74) is -0.512. The summed E-state index contributed by atoms with van der Waals surface area (Å²) in [7, 11) is 0. The van der Waals surface area contributed by atoms with E-state index in [1.54, 1.807) is 0 Å². The van der Waals surface area contributed by atoms with Crippen molar-refractivity contribution in [2.45, 2.75) is 90.3 Å². The number of esters is 1. The molecule has 0 aromatic rings. The third-order valence-corrected chi connectivity index (χ3v) is 4.13. The van der Waals surface area contributed by atoms with Gasteiger partial charge in [-0.1, -0.05) is 20.3 Å². The molecule has 0 aromatic carbocycles. The highest BCUT2D eigenvalue weighted by Gasteiger charge is 2.29. The summed E-state index contributed by atoms with van der Waals surface area (Å²) in [6.07, 6.45) is -2.29. The predicted molar refractivity (Wildman–Crippen MR) is 107 cm³/mol. The maximum atomic E-state index is 12.3. The second-order valence-corrected chi connectivity index (χ2v) is 8.63. The van der Waals surface area contributed by atoms with Crippen molar-refractivity contribution >= 4 is 12.2 Å². The number of carbonyl (C=O) groups is 1. The van der Waals surface area contributed by atoms with E-state index in [1.807, 2.05) is 20.8 Å². The molecule has 0 aliphatic heterocycles. The van der Waals surface area contributed by atoms with Gasteiger partial charge in [0, 0.05) is 12.8 Å². The Labute approximate surface area is 168 Å². The van der Waals surface area contributed by atoms with Gasteiger partial charge in [0.15, 0.2) is 0 Å². The topological polar surface area (TPSA) is 140 Å². The number of nitrogens with zero attached hydrogens (tertiary/aromatic N) is 1. The molecular weight excluding hydrogens is 366 g/mol. The zero-order chi connectivity index (χ0) is 21.9. The summed E-state index contributed by atoms with van der Waals surface area (Å²) in [6.45, 7) is 9.35. The molecule has 8 nitrogen and oxygen atoms in total. The Bertz CT molecular complexity index is 462. The first-order valence-electron chi connectivity index (χ1n) is 9.95. The highest BCUT2D eigenvalue weighted by atomic mass is 16.6. The van der Waals surface area contributed by atoms with Gasteiger partial charge >= 0.3 is 5.97 Å². The number of hydrogen-bond acceptors (Lipinski definition) is 8. The lowest BCUT2D eigenvalue weighted by molar-refractivity contribution is -0.160. The zero-order valence-corrected chi connectivity index (χ0v) is 17.8. The molecule has 0 amide bonds. The fraction of sp³-hybridized carbons (Fsp3) is 0.900. The van der Waals surface area contributed by atoms with Crippen LogP contribution in [0.3, 0.4) is 0 Å². The lowest BCUT2D eigenvalue weighted by atomic mass is 9.92. The van der Waals surface area contributed by atoms with E-state index in [4.69, 9.17) is 9.84 Å². The van der Waals surface area contributed by atoms with Gasteiger partial charge in [-0.25, -0.2) is 0 Å². The lowest BCUT2D eigenvalue weighted by Crippen LogP contribution is -2.46. The van der Waals surface area contributed by atoms with E-state index in [9.17, 15) is 25.2 Å². The number of aliphatic hydroxyl groups excluding tert-OH is 5. The number of ether oxygens (including phenoxy) is 1. The molecule has 0 rings (SSSR count). The standard InChI is InChI=1S/C20H39NO7/c1-13(2)10-14(19(27)28-20(3,4)5)8-6-7-9-21-11-15(23)17(25)18(26)16(24)12-22/h11,13-18,22-26H,6-10,12H2,1-5H3. The Morgan fingerprint density at radius 3 is 2.18 bits per heavy atom. The molecule has 0 bridgehead atoms. The van der Waals surface area contributed by atoms with Gasteiger partial charge in [0.05, 0.1) is 12.5 Å². The number of aliphatic imine (C=N–C) groups is 1. The first kappa shape index (κ1) is 26.9. The minimum absolute atomic E-state index is 0.161. The second-order valence-electron chi connectivity index (χ2n) is 8.63. The van der Waals surface area contributed by atoms with Crippen molar-refractivity contribution in [3.63, 3.8) is 0 Å². The predicted octanol–water partition coefficient (Wildman–Crippen LogP) is 0.667. The molecule has 0 radical (unpaired) electrons. The first-order chi connectivity index (χ1) is 12.9. The van der Waals surface area contributed by atoms with Crippen LogP contribution in [0.4, 0.5) is 0 Å². The smallest absolute Gasteiger partial charge is 0.309 e. The molecular formula is C20H39NO7. The summed E-state index contributed by atoms with van der Waals surface area (Å²) in [5, 5.41) is 47.0. The van der Waals surface area contributed by atoms with Crippen LogP contribution >= 0.6 is 0 Å². The molecule has 5 atom stereocenters. The molecule has 166 valence electrons. The van der Waals surface area contributed by atoms with Crippen molar-refractivity contribution in [2.75, 3.05) is 13.2 Å². The fourth-order valence-electron chi connectivity index (χ4n) is 2.69. The number of rotatable bonds is 13. The van der Waals surface area contributed by atoms with Gasteiger partial charge in [-0.05, 0) is 46.0 Å². The summed E-state index contributed by atoms with van der Waals surface area (Å²) in [4.78, 5) is 16.4. The van der Waals surface area contributed by atoms with Crippen LogP contribution in [-0.4, -0.2) is 80.9 Å². The SMILES string of the molecule is CC(C)CC(CCCCN=CC(O)C(O)C(O)C(O)CO)C(=O)OC(C)(C)C. The zero-order valence-electron chi connectivity index (χ0n) is 17.8. The van der Waals surface area contributed by atoms with Gasteiger partial charge in [0.1, 0.15) is 30.0 Å². The Morgan fingerprint density at radius 1 is 1.07 bits per heavy atom. The van der Waals surface area contributed by atoms with E-state index >= 15 is 0 Å². The van der Waals surface area contributed by atoms with Gasteiger partial charge in [-0.15, -0.1) is 0 Å². The molecule has 0 saturated carbocycles.